The lowest BCUT2D eigenvalue weighted by Gasteiger charge is -2.00. The number of carbonyl (C=O) groups excluding carboxylic acids is 1. The Morgan fingerprint density at radius 1 is 1.44 bits per heavy atom. The van der Waals surface area contributed by atoms with Crippen LogP contribution in [0.15, 0.2) is 36.5 Å². The van der Waals surface area contributed by atoms with Crippen molar-refractivity contribution in [3.63, 3.8) is 0 Å². The zero-order chi connectivity index (χ0) is 13.0. The fraction of sp³-hybridized carbons (Fsp3) is 0.0769. The van der Waals surface area contributed by atoms with Crippen LogP contribution in [0.3, 0.4) is 0 Å². The lowest BCUT2D eigenvalue weighted by Crippen LogP contribution is -2.08. The third-order valence-electron chi connectivity index (χ3n) is 2.40. The van der Waals surface area contributed by atoms with Crippen molar-refractivity contribution in [3.05, 3.63) is 52.7 Å². The number of hydrogen-bond acceptors (Lipinski definition) is 2. The Balaban J connectivity index is 2.04. The molecule has 0 radical (unpaired) electrons. The molecule has 2 rings (SSSR count). The number of H-pyrrole nitrogens is 1. The Bertz CT molecular complexity index is 589. The maximum absolute atomic E-state index is 11.7. The molecule has 0 atom stereocenters. The van der Waals surface area contributed by atoms with E-state index in [9.17, 15) is 4.79 Å². The van der Waals surface area contributed by atoms with Crippen LogP contribution in [0.4, 0.5) is 5.82 Å². The van der Waals surface area contributed by atoms with Crippen molar-refractivity contribution in [3.8, 4) is 0 Å². The first-order chi connectivity index (χ1) is 8.66. The summed E-state index contributed by atoms with van der Waals surface area (Å²) < 4.78 is 0. The van der Waals surface area contributed by atoms with E-state index in [1.165, 1.54) is 6.08 Å². The van der Waals surface area contributed by atoms with Crippen LogP contribution < -0.4 is 5.32 Å². The third-order valence-corrected chi connectivity index (χ3v) is 2.74. The number of aromatic nitrogens is 2. The van der Waals surface area contributed by atoms with Crippen LogP contribution in [-0.4, -0.2) is 16.1 Å². The summed E-state index contributed by atoms with van der Waals surface area (Å²) in [6.45, 7) is 1.86. The number of carbonyl (C=O) groups is 1. The number of anilines is 1. The summed E-state index contributed by atoms with van der Waals surface area (Å²) in [5.41, 5.74) is 1.69. The van der Waals surface area contributed by atoms with Gasteiger partial charge >= 0.3 is 0 Å². The van der Waals surface area contributed by atoms with Crippen molar-refractivity contribution in [2.45, 2.75) is 6.92 Å². The van der Waals surface area contributed by atoms with Crippen molar-refractivity contribution in [1.29, 1.82) is 0 Å². The average Bonchev–Trinajstić information content (AvgIpc) is 2.74. The molecular weight excluding hydrogens is 250 g/mol. The summed E-state index contributed by atoms with van der Waals surface area (Å²) in [6, 6.07) is 7.32. The Kier molecular flexibility index (Phi) is 3.79. The molecule has 1 heterocycles. The van der Waals surface area contributed by atoms with Crippen LogP contribution in [-0.2, 0) is 4.79 Å². The van der Waals surface area contributed by atoms with Gasteiger partial charge < -0.3 is 5.32 Å². The molecule has 0 saturated heterocycles. The summed E-state index contributed by atoms with van der Waals surface area (Å²) in [6.07, 6.45) is 4.75. The maximum Gasteiger partial charge on any atom is 0.249 e. The van der Waals surface area contributed by atoms with Gasteiger partial charge in [0.2, 0.25) is 5.91 Å². The number of aromatic amines is 1. The molecule has 0 bridgehead atoms. The van der Waals surface area contributed by atoms with Crippen molar-refractivity contribution in [1.82, 2.24) is 10.2 Å². The monoisotopic (exact) mass is 261 g/mol. The minimum Gasteiger partial charge on any atom is -0.307 e. The summed E-state index contributed by atoms with van der Waals surface area (Å²) in [4.78, 5) is 11.7. The van der Waals surface area contributed by atoms with E-state index >= 15 is 0 Å². The molecule has 0 saturated carbocycles. The molecule has 2 aromatic rings. The van der Waals surface area contributed by atoms with Gasteiger partial charge in [0.15, 0.2) is 0 Å². The first-order valence-corrected chi connectivity index (χ1v) is 5.78. The number of amides is 1. The molecular formula is C13H12ClN3O. The Morgan fingerprint density at radius 2 is 2.22 bits per heavy atom. The van der Waals surface area contributed by atoms with Gasteiger partial charge in [0.05, 0.1) is 6.20 Å². The number of halogens is 1. The van der Waals surface area contributed by atoms with Crippen LogP contribution in [0.2, 0.25) is 5.02 Å². The van der Waals surface area contributed by atoms with E-state index in [2.05, 4.69) is 15.5 Å². The normalized spacial score (nSPS) is 10.8. The standard InChI is InChI=1S/C13H12ClN3O/c1-9-8-15-17-13(9)16-12(18)7-6-10-4-2-3-5-11(10)14/h2-8H,1H3,(H2,15,16,17,18)/b7-6+. The fourth-order valence-electron chi connectivity index (χ4n) is 1.41. The molecule has 1 aromatic carbocycles. The van der Waals surface area contributed by atoms with E-state index in [4.69, 9.17) is 11.6 Å². The number of nitrogens with one attached hydrogen (secondary N) is 2. The summed E-state index contributed by atoms with van der Waals surface area (Å²) in [7, 11) is 0. The highest BCUT2D eigenvalue weighted by molar-refractivity contribution is 6.32. The van der Waals surface area contributed by atoms with Crippen molar-refractivity contribution in [2.75, 3.05) is 5.32 Å². The summed E-state index contributed by atoms with van der Waals surface area (Å²) in [5, 5.41) is 9.83. The van der Waals surface area contributed by atoms with E-state index in [1.807, 2.05) is 25.1 Å². The van der Waals surface area contributed by atoms with E-state index in [-0.39, 0.29) is 5.91 Å². The second kappa shape index (κ2) is 5.51. The van der Waals surface area contributed by atoms with E-state index in [0.29, 0.717) is 10.8 Å². The Hall–Kier alpha value is -2.07. The van der Waals surface area contributed by atoms with Crippen LogP contribution in [0.25, 0.3) is 6.08 Å². The minimum atomic E-state index is -0.234. The molecule has 4 nitrogen and oxygen atoms in total. The quantitative estimate of drug-likeness (QED) is 0.835. The summed E-state index contributed by atoms with van der Waals surface area (Å²) >= 11 is 5.98. The van der Waals surface area contributed by atoms with Crippen LogP contribution in [0.1, 0.15) is 11.1 Å². The zero-order valence-electron chi connectivity index (χ0n) is 9.77. The van der Waals surface area contributed by atoms with Crippen molar-refractivity contribution in [2.24, 2.45) is 0 Å². The van der Waals surface area contributed by atoms with Gasteiger partial charge in [-0.2, -0.15) is 5.10 Å². The number of nitrogens with zero attached hydrogens (tertiary/aromatic N) is 1. The molecule has 1 amide bonds. The number of rotatable bonds is 3. The highest BCUT2D eigenvalue weighted by atomic mass is 35.5. The third kappa shape index (κ3) is 2.99. The number of hydrogen-bond donors (Lipinski definition) is 2. The molecule has 18 heavy (non-hydrogen) atoms. The lowest BCUT2D eigenvalue weighted by atomic mass is 10.2. The molecule has 1 aromatic heterocycles. The fourth-order valence-corrected chi connectivity index (χ4v) is 1.61. The molecule has 0 aliphatic carbocycles. The first-order valence-electron chi connectivity index (χ1n) is 5.40. The maximum atomic E-state index is 11.7. The van der Waals surface area contributed by atoms with Gasteiger partial charge in [-0.05, 0) is 24.6 Å². The van der Waals surface area contributed by atoms with E-state index < -0.39 is 0 Å². The highest BCUT2D eigenvalue weighted by Crippen LogP contribution is 2.16. The molecule has 5 heteroatoms. The highest BCUT2D eigenvalue weighted by Gasteiger charge is 2.03. The molecule has 0 fully saturated rings. The topological polar surface area (TPSA) is 57.8 Å². The smallest absolute Gasteiger partial charge is 0.249 e. The van der Waals surface area contributed by atoms with Gasteiger partial charge in [0.25, 0.3) is 0 Å². The first kappa shape index (κ1) is 12.4. The van der Waals surface area contributed by atoms with Crippen LogP contribution >= 0.6 is 11.6 Å². The summed E-state index contributed by atoms with van der Waals surface area (Å²) in [5.74, 6) is 0.367. The second-order valence-electron chi connectivity index (χ2n) is 3.77. The van der Waals surface area contributed by atoms with Crippen LogP contribution in [0, 0.1) is 6.92 Å². The molecule has 0 aliphatic rings. The molecule has 0 spiro atoms. The number of benzene rings is 1. The van der Waals surface area contributed by atoms with Crippen molar-refractivity contribution >= 4 is 29.4 Å². The van der Waals surface area contributed by atoms with Gasteiger partial charge in [0.1, 0.15) is 5.82 Å². The van der Waals surface area contributed by atoms with Gasteiger partial charge in [-0.1, -0.05) is 29.8 Å². The van der Waals surface area contributed by atoms with Crippen LogP contribution in [0.5, 0.6) is 0 Å². The predicted octanol–water partition coefficient (Wildman–Crippen LogP) is 3.02. The van der Waals surface area contributed by atoms with Crippen molar-refractivity contribution < 1.29 is 4.79 Å². The Morgan fingerprint density at radius 3 is 2.89 bits per heavy atom. The van der Waals surface area contributed by atoms with E-state index in [1.54, 1.807) is 18.3 Å². The SMILES string of the molecule is Cc1cn[nH]c1NC(=O)/C=C/c1ccccc1Cl. The lowest BCUT2D eigenvalue weighted by molar-refractivity contribution is -0.111. The molecule has 0 unspecified atom stereocenters. The molecule has 92 valence electrons. The number of aryl methyl sites for hydroxylation is 1. The molecule has 0 aliphatic heterocycles. The second-order valence-corrected chi connectivity index (χ2v) is 4.18. The largest absolute Gasteiger partial charge is 0.307 e. The van der Waals surface area contributed by atoms with Gasteiger partial charge in [-0.3, -0.25) is 9.89 Å². The minimum absolute atomic E-state index is 0.234. The average molecular weight is 262 g/mol. The van der Waals surface area contributed by atoms with Gasteiger partial charge in [-0.25, -0.2) is 0 Å². The van der Waals surface area contributed by atoms with E-state index in [0.717, 1.165) is 11.1 Å². The Labute approximate surface area is 110 Å². The zero-order valence-corrected chi connectivity index (χ0v) is 10.5. The van der Waals surface area contributed by atoms with Gasteiger partial charge in [0, 0.05) is 16.7 Å². The molecule has 2 N–H and O–H groups in total. The predicted molar refractivity (Wildman–Crippen MR) is 72.4 cm³/mol. The van der Waals surface area contributed by atoms with Gasteiger partial charge in [-0.15, -0.1) is 0 Å².